The van der Waals surface area contributed by atoms with E-state index in [1.54, 1.807) is 37.4 Å². The number of carboxylic acid groups (broad SMARTS) is 1. The molecule has 3 rings (SSSR count). The van der Waals surface area contributed by atoms with Crippen LogP contribution in [0.4, 0.5) is 0 Å². The molecule has 1 aromatic carbocycles. The molecule has 1 atom stereocenters. The number of nitrogens with zero attached hydrogens (tertiary/aromatic N) is 1. The van der Waals surface area contributed by atoms with Crippen molar-refractivity contribution in [1.29, 1.82) is 0 Å². The summed E-state index contributed by atoms with van der Waals surface area (Å²) >= 11 is 6.14. The average molecular weight is 473 g/mol. The Labute approximate surface area is 194 Å². The van der Waals surface area contributed by atoms with Gasteiger partial charge in [0.25, 0.3) is 0 Å². The van der Waals surface area contributed by atoms with Gasteiger partial charge in [0, 0.05) is 27.7 Å². The standard InChI is InChI=1S/C24H29ClN2O4Si/c1-14(2)13-32(4,5)31-12-16-8-9-26-20(10-16)23(28)22-21(15(3)24(29)30)18-11-17(25)6-7-19(18)27-22/h6-11,14-15,27H,12-13H2,1-5H3,(H,29,30). The number of aliphatic carboxylic acids is 1. The molecule has 0 amide bonds. The number of ketones is 1. The Hall–Kier alpha value is -2.48. The first-order valence-corrected chi connectivity index (χ1v) is 14.2. The van der Waals surface area contributed by atoms with Crippen LogP contribution in [0.3, 0.4) is 0 Å². The maximum atomic E-state index is 13.4. The smallest absolute Gasteiger partial charge is 0.310 e. The number of nitrogens with one attached hydrogen (secondary N) is 1. The van der Waals surface area contributed by atoms with Crippen LogP contribution in [0.1, 0.15) is 54.0 Å². The molecule has 0 saturated carbocycles. The van der Waals surface area contributed by atoms with Crippen LogP contribution in [0.25, 0.3) is 10.9 Å². The summed E-state index contributed by atoms with van der Waals surface area (Å²) in [7, 11) is -1.81. The Morgan fingerprint density at radius 3 is 2.56 bits per heavy atom. The lowest BCUT2D eigenvalue weighted by Crippen LogP contribution is -2.31. The fraction of sp³-hybridized carbons (Fsp3) is 0.375. The number of hydrogen-bond acceptors (Lipinski definition) is 4. The Kier molecular flexibility index (Phi) is 7.22. The fourth-order valence-electron chi connectivity index (χ4n) is 4.07. The topological polar surface area (TPSA) is 92.3 Å². The number of aromatic nitrogens is 2. The molecule has 0 saturated heterocycles. The van der Waals surface area contributed by atoms with Crippen LogP contribution in [-0.2, 0) is 15.8 Å². The zero-order valence-corrected chi connectivity index (χ0v) is 20.8. The number of benzene rings is 1. The summed E-state index contributed by atoms with van der Waals surface area (Å²) in [5.74, 6) is -1.71. The number of carbonyl (C=O) groups is 2. The Bertz CT molecular complexity index is 1160. The van der Waals surface area contributed by atoms with Gasteiger partial charge >= 0.3 is 5.97 Å². The van der Waals surface area contributed by atoms with Gasteiger partial charge in [-0.2, -0.15) is 0 Å². The quantitative estimate of drug-likeness (QED) is 0.293. The Morgan fingerprint density at radius 1 is 1.19 bits per heavy atom. The lowest BCUT2D eigenvalue weighted by Gasteiger charge is -2.24. The lowest BCUT2D eigenvalue weighted by molar-refractivity contribution is -0.138. The van der Waals surface area contributed by atoms with Crippen molar-refractivity contribution in [2.45, 2.75) is 52.4 Å². The van der Waals surface area contributed by atoms with Crippen LogP contribution in [0.2, 0.25) is 24.2 Å². The first kappa shape index (κ1) is 24.2. The Morgan fingerprint density at radius 2 is 1.91 bits per heavy atom. The molecule has 2 heterocycles. The predicted octanol–water partition coefficient (Wildman–Crippen LogP) is 6.01. The number of halogens is 1. The van der Waals surface area contributed by atoms with Gasteiger partial charge in [-0.3, -0.25) is 14.6 Å². The number of hydrogen-bond donors (Lipinski definition) is 2. The van der Waals surface area contributed by atoms with Gasteiger partial charge in [-0.1, -0.05) is 25.4 Å². The van der Waals surface area contributed by atoms with Crippen molar-refractivity contribution >= 4 is 42.6 Å². The van der Waals surface area contributed by atoms with Crippen LogP contribution < -0.4 is 0 Å². The average Bonchev–Trinajstić information content (AvgIpc) is 3.08. The first-order chi connectivity index (χ1) is 15.0. The van der Waals surface area contributed by atoms with E-state index in [2.05, 4.69) is 36.9 Å². The van der Waals surface area contributed by atoms with Gasteiger partial charge in [0.2, 0.25) is 5.78 Å². The van der Waals surface area contributed by atoms with Gasteiger partial charge in [0.15, 0.2) is 8.32 Å². The molecular weight excluding hydrogens is 444 g/mol. The third-order valence-corrected chi connectivity index (χ3v) is 8.38. The molecule has 3 aromatic rings. The van der Waals surface area contributed by atoms with Crippen LogP contribution in [-0.4, -0.2) is 35.1 Å². The van der Waals surface area contributed by atoms with E-state index < -0.39 is 20.2 Å². The SMILES string of the molecule is CC(C)C[Si](C)(C)OCc1ccnc(C(=O)c2[nH]c3ccc(Cl)cc3c2C(C)C(=O)O)c1. The summed E-state index contributed by atoms with van der Waals surface area (Å²) in [5.41, 5.74) is 2.39. The van der Waals surface area contributed by atoms with Crippen molar-refractivity contribution in [2.24, 2.45) is 5.92 Å². The molecule has 0 aliphatic heterocycles. The van der Waals surface area contributed by atoms with E-state index in [1.165, 1.54) is 0 Å². The molecule has 170 valence electrons. The second-order valence-electron chi connectivity index (χ2n) is 9.19. The molecule has 1 unspecified atom stereocenters. The van der Waals surface area contributed by atoms with Gasteiger partial charge < -0.3 is 14.5 Å². The van der Waals surface area contributed by atoms with Crippen LogP contribution in [0.5, 0.6) is 0 Å². The van der Waals surface area contributed by atoms with E-state index in [-0.39, 0.29) is 17.2 Å². The number of carbonyl (C=O) groups excluding carboxylic acids is 1. The molecule has 8 heteroatoms. The van der Waals surface area contributed by atoms with E-state index >= 15 is 0 Å². The van der Waals surface area contributed by atoms with Crippen molar-refractivity contribution in [3.63, 3.8) is 0 Å². The number of rotatable bonds is 9. The number of fused-ring (bicyclic) bond motifs is 1. The normalized spacial score (nSPS) is 13.0. The highest BCUT2D eigenvalue weighted by molar-refractivity contribution is 6.71. The van der Waals surface area contributed by atoms with E-state index in [0.717, 1.165) is 11.6 Å². The summed E-state index contributed by atoms with van der Waals surface area (Å²) in [5, 5.41) is 10.7. The number of H-pyrrole nitrogens is 1. The minimum atomic E-state index is -1.81. The zero-order valence-electron chi connectivity index (χ0n) is 19.0. The Balaban J connectivity index is 1.95. The molecular formula is C24H29ClN2O4Si. The zero-order chi connectivity index (χ0) is 23.6. The van der Waals surface area contributed by atoms with Gasteiger partial charge in [-0.05, 0) is 67.9 Å². The lowest BCUT2D eigenvalue weighted by atomic mass is 9.95. The number of pyridine rings is 1. The van der Waals surface area contributed by atoms with Gasteiger partial charge in [-0.25, -0.2) is 0 Å². The molecule has 32 heavy (non-hydrogen) atoms. The van der Waals surface area contributed by atoms with Crippen molar-refractivity contribution < 1.29 is 19.1 Å². The van der Waals surface area contributed by atoms with Crippen molar-refractivity contribution in [2.75, 3.05) is 0 Å². The van der Waals surface area contributed by atoms with E-state index in [4.69, 9.17) is 16.0 Å². The molecule has 0 spiro atoms. The van der Waals surface area contributed by atoms with Crippen LogP contribution in [0, 0.1) is 5.92 Å². The molecule has 2 aromatic heterocycles. The highest BCUT2D eigenvalue weighted by Crippen LogP contribution is 2.33. The van der Waals surface area contributed by atoms with Gasteiger partial charge in [0.05, 0.1) is 18.2 Å². The molecule has 0 aliphatic rings. The second-order valence-corrected chi connectivity index (χ2v) is 13.8. The summed E-state index contributed by atoms with van der Waals surface area (Å²) in [6.07, 6.45) is 1.59. The monoisotopic (exact) mass is 472 g/mol. The summed E-state index contributed by atoms with van der Waals surface area (Å²) < 4.78 is 6.22. The highest BCUT2D eigenvalue weighted by Gasteiger charge is 2.28. The molecule has 0 bridgehead atoms. The number of carboxylic acids is 1. The summed E-state index contributed by atoms with van der Waals surface area (Å²) in [4.78, 5) is 32.5. The molecule has 0 fully saturated rings. The van der Waals surface area contributed by atoms with Crippen molar-refractivity contribution in [3.8, 4) is 0 Å². The number of aromatic amines is 1. The maximum Gasteiger partial charge on any atom is 0.310 e. The minimum Gasteiger partial charge on any atom is -0.481 e. The van der Waals surface area contributed by atoms with E-state index in [1.807, 2.05) is 6.07 Å². The van der Waals surface area contributed by atoms with E-state index in [0.29, 0.717) is 34.0 Å². The largest absolute Gasteiger partial charge is 0.481 e. The highest BCUT2D eigenvalue weighted by atomic mass is 35.5. The van der Waals surface area contributed by atoms with Gasteiger partial charge in [-0.15, -0.1) is 0 Å². The van der Waals surface area contributed by atoms with E-state index in [9.17, 15) is 14.7 Å². The third kappa shape index (κ3) is 5.46. The van der Waals surface area contributed by atoms with Crippen molar-refractivity contribution in [1.82, 2.24) is 9.97 Å². The molecule has 0 aliphatic carbocycles. The second kappa shape index (κ2) is 9.56. The maximum absolute atomic E-state index is 13.4. The first-order valence-electron chi connectivity index (χ1n) is 10.7. The molecule has 6 nitrogen and oxygen atoms in total. The minimum absolute atomic E-state index is 0.220. The van der Waals surface area contributed by atoms with Gasteiger partial charge in [0.1, 0.15) is 5.69 Å². The summed E-state index contributed by atoms with van der Waals surface area (Å²) in [6, 6.07) is 9.72. The molecule has 0 radical (unpaired) electrons. The predicted molar refractivity (Wildman–Crippen MR) is 129 cm³/mol. The summed E-state index contributed by atoms with van der Waals surface area (Å²) in [6.45, 7) is 10.7. The van der Waals surface area contributed by atoms with Crippen molar-refractivity contribution in [3.05, 3.63) is 64.1 Å². The fourth-order valence-corrected chi connectivity index (χ4v) is 6.89. The third-order valence-electron chi connectivity index (χ3n) is 5.42. The van der Waals surface area contributed by atoms with Crippen LogP contribution >= 0.6 is 11.6 Å². The van der Waals surface area contributed by atoms with Crippen LogP contribution in [0.15, 0.2) is 36.5 Å². The molecule has 2 N–H and O–H groups in total.